The Morgan fingerprint density at radius 1 is 1.14 bits per heavy atom. The molecule has 2 heteroatoms. The van der Waals surface area contributed by atoms with E-state index in [0.717, 1.165) is 18.4 Å². The van der Waals surface area contributed by atoms with Gasteiger partial charge < -0.3 is 0 Å². The summed E-state index contributed by atoms with van der Waals surface area (Å²) >= 11 is 0. The van der Waals surface area contributed by atoms with E-state index < -0.39 is 0 Å². The van der Waals surface area contributed by atoms with Gasteiger partial charge in [-0.05, 0) is 42.4 Å². The van der Waals surface area contributed by atoms with E-state index in [1.165, 1.54) is 12.1 Å². The Bertz CT molecular complexity index is 328. The van der Waals surface area contributed by atoms with Gasteiger partial charge in [0, 0.05) is 5.56 Å². The smallest absolute Gasteiger partial charge is 0.129 e. The minimum Gasteiger partial charge on any atom is -0.207 e. The highest BCUT2D eigenvalue weighted by atomic mass is 19.1. The Morgan fingerprint density at radius 2 is 1.64 bits per heavy atom. The first kappa shape index (κ1) is 9.63. The van der Waals surface area contributed by atoms with E-state index in [0.29, 0.717) is 5.92 Å². The van der Waals surface area contributed by atoms with E-state index in [2.05, 4.69) is 0 Å². The molecule has 2 rings (SSSR count). The van der Waals surface area contributed by atoms with Crippen LogP contribution in [-0.4, -0.2) is 0 Å². The summed E-state index contributed by atoms with van der Waals surface area (Å²) in [6.07, 6.45) is 2.14. The summed E-state index contributed by atoms with van der Waals surface area (Å²) in [5.41, 5.74) is 1.04. The minimum absolute atomic E-state index is 0.0942. The summed E-state index contributed by atoms with van der Waals surface area (Å²) in [6.45, 7) is 3.61. The van der Waals surface area contributed by atoms with Crippen LogP contribution in [0.15, 0.2) is 12.1 Å². The molecule has 0 bridgehead atoms. The van der Waals surface area contributed by atoms with Gasteiger partial charge in [0.1, 0.15) is 11.6 Å². The molecule has 0 saturated heterocycles. The molecular formula is C12H14F2. The van der Waals surface area contributed by atoms with E-state index in [9.17, 15) is 8.78 Å². The van der Waals surface area contributed by atoms with Crippen molar-refractivity contribution >= 4 is 0 Å². The molecule has 0 aromatic heterocycles. The van der Waals surface area contributed by atoms with E-state index in [-0.39, 0.29) is 23.1 Å². The van der Waals surface area contributed by atoms with Crippen LogP contribution in [0.5, 0.6) is 0 Å². The number of halogens is 2. The first-order valence-electron chi connectivity index (χ1n) is 5.08. The summed E-state index contributed by atoms with van der Waals surface area (Å²) in [7, 11) is 0. The summed E-state index contributed by atoms with van der Waals surface area (Å²) in [5, 5.41) is 0. The topological polar surface area (TPSA) is 0 Å². The van der Waals surface area contributed by atoms with Gasteiger partial charge in [-0.25, -0.2) is 8.78 Å². The molecule has 0 spiro atoms. The normalized spacial score (nSPS) is 16.4. The third-order valence-electron chi connectivity index (χ3n) is 2.73. The third kappa shape index (κ3) is 1.66. The largest absolute Gasteiger partial charge is 0.207 e. The average Bonchev–Trinajstić information content (AvgIpc) is 2.83. The summed E-state index contributed by atoms with van der Waals surface area (Å²) in [6, 6.07) is 2.99. The molecule has 1 aromatic carbocycles. The molecule has 1 saturated carbocycles. The first-order valence-corrected chi connectivity index (χ1v) is 5.08. The maximum Gasteiger partial charge on any atom is 0.129 e. The number of rotatable bonds is 2. The zero-order chi connectivity index (χ0) is 10.3. The van der Waals surface area contributed by atoms with Crippen LogP contribution in [0, 0.1) is 11.6 Å². The zero-order valence-corrected chi connectivity index (χ0v) is 8.48. The van der Waals surface area contributed by atoms with Crippen molar-refractivity contribution < 1.29 is 8.78 Å². The molecule has 1 aliphatic carbocycles. The van der Waals surface area contributed by atoms with Gasteiger partial charge in [-0.1, -0.05) is 13.8 Å². The second-order valence-electron chi connectivity index (χ2n) is 4.33. The van der Waals surface area contributed by atoms with E-state index in [1.54, 1.807) is 13.8 Å². The summed E-state index contributed by atoms with van der Waals surface area (Å²) < 4.78 is 27.0. The Morgan fingerprint density at radius 3 is 2.00 bits per heavy atom. The van der Waals surface area contributed by atoms with Crippen molar-refractivity contribution in [3.63, 3.8) is 0 Å². The molecule has 0 heterocycles. The van der Waals surface area contributed by atoms with Gasteiger partial charge in [0.05, 0.1) is 0 Å². The van der Waals surface area contributed by atoms with Gasteiger partial charge in [-0.2, -0.15) is 0 Å². The monoisotopic (exact) mass is 196 g/mol. The van der Waals surface area contributed by atoms with Crippen molar-refractivity contribution in [1.29, 1.82) is 0 Å². The van der Waals surface area contributed by atoms with Gasteiger partial charge in [-0.15, -0.1) is 0 Å². The van der Waals surface area contributed by atoms with Crippen LogP contribution in [0.2, 0.25) is 0 Å². The van der Waals surface area contributed by atoms with Crippen molar-refractivity contribution in [2.45, 2.75) is 38.5 Å². The molecule has 1 aliphatic rings. The predicted molar refractivity (Wildman–Crippen MR) is 52.4 cm³/mol. The Labute approximate surface area is 82.9 Å². The molecule has 76 valence electrons. The van der Waals surface area contributed by atoms with Crippen LogP contribution in [0.1, 0.15) is 49.7 Å². The van der Waals surface area contributed by atoms with Crippen LogP contribution in [0.3, 0.4) is 0 Å². The molecule has 1 fully saturated rings. The van der Waals surface area contributed by atoms with Crippen LogP contribution in [0.25, 0.3) is 0 Å². The van der Waals surface area contributed by atoms with Crippen LogP contribution >= 0.6 is 0 Å². The lowest BCUT2D eigenvalue weighted by atomic mass is 9.98. The maximum absolute atomic E-state index is 13.5. The van der Waals surface area contributed by atoms with E-state index >= 15 is 0 Å². The lowest BCUT2D eigenvalue weighted by Gasteiger charge is -2.10. The van der Waals surface area contributed by atoms with Crippen molar-refractivity contribution in [3.05, 3.63) is 34.9 Å². The second-order valence-corrected chi connectivity index (χ2v) is 4.33. The van der Waals surface area contributed by atoms with Gasteiger partial charge >= 0.3 is 0 Å². The van der Waals surface area contributed by atoms with Crippen LogP contribution in [0.4, 0.5) is 8.78 Å². The minimum atomic E-state index is -0.387. The van der Waals surface area contributed by atoms with E-state index in [4.69, 9.17) is 0 Å². The molecule has 1 aromatic rings. The van der Waals surface area contributed by atoms with Crippen molar-refractivity contribution in [2.24, 2.45) is 0 Å². The van der Waals surface area contributed by atoms with Crippen LogP contribution < -0.4 is 0 Å². The SMILES string of the molecule is CC(C)c1c(F)cc(C2CC2)cc1F. The zero-order valence-electron chi connectivity index (χ0n) is 8.48. The maximum atomic E-state index is 13.5. The highest BCUT2D eigenvalue weighted by Crippen LogP contribution is 2.41. The number of benzene rings is 1. The first-order chi connectivity index (χ1) is 6.59. The van der Waals surface area contributed by atoms with Gasteiger partial charge in [0.15, 0.2) is 0 Å². The summed E-state index contributed by atoms with van der Waals surface area (Å²) in [4.78, 5) is 0. The summed E-state index contributed by atoms with van der Waals surface area (Å²) in [5.74, 6) is -0.465. The Balaban J connectivity index is 2.43. The number of hydrogen-bond acceptors (Lipinski definition) is 0. The molecule has 0 N–H and O–H groups in total. The third-order valence-corrected chi connectivity index (χ3v) is 2.73. The molecule has 0 amide bonds. The predicted octanol–water partition coefficient (Wildman–Crippen LogP) is 3.97. The number of hydrogen-bond donors (Lipinski definition) is 0. The quantitative estimate of drug-likeness (QED) is 0.671. The van der Waals surface area contributed by atoms with Crippen molar-refractivity contribution in [2.75, 3.05) is 0 Å². The lowest BCUT2D eigenvalue weighted by molar-refractivity contribution is 0.538. The molecule has 0 radical (unpaired) electrons. The van der Waals surface area contributed by atoms with E-state index in [1.807, 2.05) is 0 Å². The van der Waals surface area contributed by atoms with Gasteiger partial charge in [0.25, 0.3) is 0 Å². The Kier molecular flexibility index (Phi) is 2.30. The fraction of sp³-hybridized carbons (Fsp3) is 0.500. The highest BCUT2D eigenvalue weighted by Gasteiger charge is 2.26. The molecule has 0 aliphatic heterocycles. The van der Waals surface area contributed by atoms with Crippen molar-refractivity contribution in [3.8, 4) is 0 Å². The van der Waals surface area contributed by atoms with Crippen molar-refractivity contribution in [1.82, 2.24) is 0 Å². The van der Waals surface area contributed by atoms with Gasteiger partial charge in [-0.3, -0.25) is 0 Å². The Hall–Kier alpha value is -0.920. The van der Waals surface area contributed by atoms with Crippen LogP contribution in [-0.2, 0) is 0 Å². The fourth-order valence-electron chi connectivity index (χ4n) is 1.81. The fourth-order valence-corrected chi connectivity index (χ4v) is 1.81. The molecule has 0 nitrogen and oxygen atoms in total. The molecular weight excluding hydrogens is 182 g/mol. The highest BCUT2D eigenvalue weighted by molar-refractivity contribution is 5.32. The molecule has 0 unspecified atom stereocenters. The average molecular weight is 196 g/mol. The standard InChI is InChI=1S/C12H14F2/c1-7(2)12-10(13)5-9(6-11(12)14)8-3-4-8/h5-8H,3-4H2,1-2H3. The second kappa shape index (κ2) is 3.34. The lowest BCUT2D eigenvalue weighted by Crippen LogP contribution is -1.99. The molecule has 14 heavy (non-hydrogen) atoms. The van der Waals surface area contributed by atoms with Gasteiger partial charge in [0.2, 0.25) is 0 Å². The molecule has 0 atom stereocenters.